The molecule has 0 N–H and O–H groups in total. The molecule has 0 fully saturated rings. The third-order valence-electron chi connectivity index (χ3n) is 8.19. The van der Waals surface area contributed by atoms with Crippen molar-refractivity contribution in [3.05, 3.63) is 185 Å². The molecule has 0 saturated carbocycles. The van der Waals surface area contributed by atoms with E-state index < -0.39 is 10.2 Å². The maximum Gasteiger partial charge on any atom is 0.232 e. The Hall–Kier alpha value is -4.80. The fourth-order valence-corrected chi connectivity index (χ4v) is 6.89. The molecule has 0 saturated heterocycles. The first-order chi connectivity index (χ1) is 23.6. The molecule has 0 aromatic heterocycles. The number of hydrogen-bond acceptors (Lipinski definition) is 7. The molecular formula is C40H34ClN3O4S. The second kappa shape index (κ2) is 15.2. The molecule has 4 aromatic rings. The highest BCUT2D eigenvalue weighted by Crippen LogP contribution is 2.44. The van der Waals surface area contributed by atoms with Gasteiger partial charge in [-0.1, -0.05) is 120 Å². The number of rotatable bonds is 5. The van der Waals surface area contributed by atoms with Crippen molar-refractivity contribution in [3.63, 3.8) is 0 Å². The van der Waals surface area contributed by atoms with E-state index in [1.54, 1.807) is 0 Å². The molecule has 0 radical (unpaired) electrons. The number of benzene rings is 4. The number of allylic oxidation sites excluding steroid dienone is 8. The smallest absolute Gasteiger partial charge is 0.232 e. The van der Waals surface area contributed by atoms with Gasteiger partial charge in [0.25, 0.3) is 0 Å². The number of nitrogens with zero attached hydrogens (tertiary/aromatic N) is 3. The second-order valence-electron chi connectivity index (χ2n) is 11.7. The summed E-state index contributed by atoms with van der Waals surface area (Å²) < 4.78 is 36.2. The minimum atomic E-state index is -4.94. The van der Waals surface area contributed by atoms with E-state index in [2.05, 4.69) is 175 Å². The van der Waals surface area contributed by atoms with Crippen LogP contribution < -0.4 is 23.5 Å². The molecule has 1 aliphatic carbocycles. The number of halogens is 1. The van der Waals surface area contributed by atoms with Crippen LogP contribution in [0.5, 0.6) is 0 Å². The van der Waals surface area contributed by atoms with Crippen LogP contribution in [-0.4, -0.2) is 30.2 Å². The number of hydrogen-bond donors (Lipinski definition) is 0. The first-order valence-electron chi connectivity index (χ1n) is 15.6. The van der Waals surface area contributed by atoms with E-state index in [1.807, 2.05) is 11.8 Å². The predicted molar refractivity (Wildman–Crippen MR) is 188 cm³/mol. The van der Waals surface area contributed by atoms with Crippen LogP contribution >= 0.6 is 11.8 Å². The molecule has 1 unspecified atom stereocenters. The first kappa shape index (κ1) is 34.1. The zero-order valence-electron chi connectivity index (χ0n) is 27.0. The van der Waals surface area contributed by atoms with Crippen LogP contribution in [-0.2, 0) is 0 Å². The van der Waals surface area contributed by atoms with Crippen LogP contribution in [0.25, 0.3) is 9.81 Å². The third kappa shape index (κ3) is 8.82. The molecule has 0 spiro atoms. The molecule has 1 atom stereocenters. The van der Waals surface area contributed by atoms with Gasteiger partial charge in [0, 0.05) is 52.9 Å². The van der Waals surface area contributed by atoms with Gasteiger partial charge in [-0.25, -0.2) is 18.6 Å². The first-order valence-corrected chi connectivity index (χ1v) is 17.7. The highest BCUT2D eigenvalue weighted by Gasteiger charge is 2.36. The van der Waals surface area contributed by atoms with E-state index in [0.717, 1.165) is 17.8 Å². The summed E-state index contributed by atoms with van der Waals surface area (Å²) >= 11 is 1.83. The summed E-state index contributed by atoms with van der Waals surface area (Å²) in [5.41, 5.74) is 10.7. The van der Waals surface area contributed by atoms with Crippen molar-refractivity contribution in [1.29, 1.82) is 0 Å². The zero-order chi connectivity index (χ0) is 34.4. The van der Waals surface area contributed by atoms with E-state index in [1.165, 1.54) is 48.9 Å². The lowest BCUT2D eigenvalue weighted by Crippen LogP contribution is -2.68. The summed E-state index contributed by atoms with van der Waals surface area (Å²) in [7, 11) is -0.806. The summed E-state index contributed by atoms with van der Waals surface area (Å²) in [4.78, 5) is 4.63. The monoisotopic (exact) mass is 687 g/mol. The Balaban J connectivity index is 0.000000778. The minimum Gasteiger partial charge on any atom is -0.378 e. The molecule has 7 nitrogen and oxygen atoms in total. The van der Waals surface area contributed by atoms with E-state index in [4.69, 9.17) is 23.7 Å². The second-order valence-corrected chi connectivity index (χ2v) is 13.5. The summed E-state index contributed by atoms with van der Waals surface area (Å²) in [5.74, 6) is 0. The van der Waals surface area contributed by atoms with Gasteiger partial charge in [0.15, 0.2) is 0 Å². The zero-order valence-corrected chi connectivity index (χ0v) is 28.6. The highest BCUT2D eigenvalue weighted by molar-refractivity contribution is 8.16. The topological polar surface area (TPSA) is 111 Å². The van der Waals surface area contributed by atoms with Crippen molar-refractivity contribution < 1.29 is 33.6 Å². The van der Waals surface area contributed by atoms with E-state index in [0.29, 0.717) is 0 Å². The van der Waals surface area contributed by atoms with Gasteiger partial charge in [-0.2, -0.15) is 0 Å². The van der Waals surface area contributed by atoms with Crippen LogP contribution in [0.1, 0.15) is 34.7 Å². The SMILES string of the molecule is CN(C)c1ccc(C2=N[N+](=C3C=CC(=C4C=C(c5ccccc5)SC(c5ccccc5)=C4)C=C3)C(c3ccccc3)C2)cc1.[O-][Cl+3]([O-])([O-])[O-]. The van der Waals surface area contributed by atoms with Gasteiger partial charge in [0.2, 0.25) is 11.8 Å². The molecule has 4 aromatic carbocycles. The lowest BCUT2D eigenvalue weighted by atomic mass is 9.97. The predicted octanol–water partition coefficient (Wildman–Crippen LogP) is 4.55. The fourth-order valence-electron chi connectivity index (χ4n) is 5.77. The summed E-state index contributed by atoms with van der Waals surface area (Å²) in [5, 5.41) is 5.21. The van der Waals surface area contributed by atoms with Crippen molar-refractivity contribution in [2.75, 3.05) is 19.0 Å². The van der Waals surface area contributed by atoms with Gasteiger partial charge in [0.1, 0.15) is 5.71 Å². The van der Waals surface area contributed by atoms with Crippen LogP contribution in [0.2, 0.25) is 0 Å². The minimum absolute atomic E-state index is 0.137. The van der Waals surface area contributed by atoms with Gasteiger partial charge in [-0.15, -0.1) is 10.2 Å². The Kier molecular flexibility index (Phi) is 10.6. The molecule has 7 rings (SSSR count). The van der Waals surface area contributed by atoms with Crippen LogP contribution in [0.4, 0.5) is 5.69 Å². The molecule has 3 aliphatic rings. The average Bonchev–Trinajstić information content (AvgIpc) is 3.58. The van der Waals surface area contributed by atoms with Crippen molar-refractivity contribution >= 4 is 38.7 Å². The standard InChI is InChI=1S/C40H34N3S.ClHO4/c1-42(2)35-22-20-30(21-23-35)37-28-38(31-12-6-3-7-13-31)43(41-37)36-24-18-29(19-25-36)34-26-39(32-14-8-4-9-15-32)44-40(27-34)33-16-10-5-11-17-33;2-1(3,4)5/h3-27,38H,28H2,1-2H3;(H,2,3,4,5)/q+1;/p-1. The summed E-state index contributed by atoms with van der Waals surface area (Å²) in [6.07, 6.45) is 14.4. The van der Waals surface area contributed by atoms with E-state index in [9.17, 15) is 0 Å². The van der Waals surface area contributed by atoms with E-state index >= 15 is 0 Å². The molecule has 0 amide bonds. The average molecular weight is 688 g/mol. The van der Waals surface area contributed by atoms with Gasteiger partial charge >= 0.3 is 0 Å². The molecule has 0 bridgehead atoms. The van der Waals surface area contributed by atoms with Gasteiger partial charge in [-0.05, 0) is 63.8 Å². The number of anilines is 1. The maximum atomic E-state index is 8.49. The lowest BCUT2D eigenvalue weighted by molar-refractivity contribution is -2.00. The van der Waals surface area contributed by atoms with Gasteiger partial charge < -0.3 is 4.90 Å². The Morgan fingerprint density at radius 1 is 0.633 bits per heavy atom. The van der Waals surface area contributed by atoms with Crippen LogP contribution in [0, 0.1) is 10.2 Å². The van der Waals surface area contributed by atoms with Crippen molar-refractivity contribution in [3.8, 4) is 0 Å². The van der Waals surface area contributed by atoms with Crippen LogP contribution in [0.15, 0.2) is 168 Å². The number of hydrazone groups is 1. The molecule has 2 aliphatic heterocycles. The molecule has 49 heavy (non-hydrogen) atoms. The quantitative estimate of drug-likeness (QED) is 0.285. The molecular weight excluding hydrogens is 654 g/mol. The Morgan fingerprint density at radius 3 is 1.61 bits per heavy atom. The third-order valence-corrected chi connectivity index (χ3v) is 9.33. The Morgan fingerprint density at radius 2 is 1.12 bits per heavy atom. The summed E-state index contributed by atoms with van der Waals surface area (Å²) in [6, 6.07) is 40.9. The Bertz CT molecular complexity index is 1930. The summed E-state index contributed by atoms with van der Waals surface area (Å²) in [6.45, 7) is 0. The number of thioether (sulfide) groups is 1. The van der Waals surface area contributed by atoms with Crippen molar-refractivity contribution in [2.45, 2.75) is 12.5 Å². The van der Waals surface area contributed by atoms with Gasteiger partial charge in [-0.3, -0.25) is 0 Å². The van der Waals surface area contributed by atoms with Gasteiger partial charge in [0.05, 0.1) is 6.42 Å². The van der Waals surface area contributed by atoms with Crippen molar-refractivity contribution in [1.82, 2.24) is 0 Å². The maximum absolute atomic E-state index is 8.49. The van der Waals surface area contributed by atoms with Crippen LogP contribution in [0.3, 0.4) is 0 Å². The van der Waals surface area contributed by atoms with E-state index in [-0.39, 0.29) is 6.04 Å². The van der Waals surface area contributed by atoms with Crippen molar-refractivity contribution in [2.24, 2.45) is 5.10 Å². The fraction of sp³-hybridized carbons (Fsp3) is 0.100. The Labute approximate surface area is 292 Å². The molecule has 246 valence electrons. The molecule has 2 heterocycles. The highest BCUT2D eigenvalue weighted by atomic mass is 35.7. The lowest BCUT2D eigenvalue weighted by Gasteiger charge is -2.18. The normalized spacial score (nSPS) is 17.3. The largest absolute Gasteiger partial charge is 0.378 e. The molecule has 9 heteroatoms.